The first-order valence-electron chi connectivity index (χ1n) is 51.4. The van der Waals surface area contributed by atoms with E-state index in [1.807, 2.05) is 152 Å². The summed E-state index contributed by atoms with van der Waals surface area (Å²) in [5, 5.41) is 0. The van der Waals surface area contributed by atoms with Crippen molar-refractivity contribution in [2.45, 2.75) is 363 Å². The standard InChI is InChI=1S/4C20H18.4C6H12O2.4C5H12.5C2H6/c4*1-20(17-11-5-2-6-12-17,18-13-7-3-8-14-18)19-15-9-4-10-16-19;4*1-5(7)8-6(2,3)4;4*1-5(2,3)4;5*1-2/h4*2-16H,1H3;4*1-4H3;4*1-4H3;5*1-2H3. The zero-order chi connectivity index (χ0) is 110. The summed E-state index contributed by atoms with van der Waals surface area (Å²) in [6.45, 7) is 91.9. The van der Waals surface area contributed by atoms with Crippen molar-refractivity contribution in [3.05, 3.63) is 431 Å². The van der Waals surface area contributed by atoms with Gasteiger partial charge in [-0.15, -0.1) is 0 Å². The van der Waals surface area contributed by atoms with Crippen LogP contribution in [0.4, 0.5) is 0 Å². The molecule has 0 bridgehead atoms. The van der Waals surface area contributed by atoms with Crippen LogP contribution in [-0.4, -0.2) is 46.3 Å². The molecule has 0 N–H and O–H groups in total. The Bertz CT molecular complexity index is 3960. The zero-order valence-corrected chi connectivity index (χ0v) is 97.9. The third kappa shape index (κ3) is 67.1. The average molecular weight is 1940 g/mol. The summed E-state index contributed by atoms with van der Waals surface area (Å²) >= 11 is 0. The number of hydrogen-bond donors (Lipinski definition) is 0. The number of carbonyl (C=O) groups is 4. The predicted molar refractivity (Wildman–Crippen MR) is 623 cm³/mol. The SMILES string of the molecule is CC.CC.CC.CC.CC.CC(=O)OC(C)(C)C.CC(=O)OC(C)(C)C.CC(=O)OC(C)(C)C.CC(=O)OC(C)(C)C.CC(C)(C)C.CC(C)(C)C.CC(C)(C)C.CC(C)(C)C.CC(c1ccccc1)(c1ccccc1)c1ccccc1.CC(c1ccccc1)(c1ccccc1)c1ccccc1.CC(c1ccccc1)(c1ccccc1)c1ccccc1.CC(c1ccccc1)(c1ccccc1)c1ccccc1. The van der Waals surface area contributed by atoms with E-state index >= 15 is 0 Å². The molecule has 12 rings (SSSR count). The first kappa shape index (κ1) is 139. The molecule has 782 valence electrons. The maximum Gasteiger partial charge on any atom is 0.303 e. The van der Waals surface area contributed by atoms with Gasteiger partial charge in [-0.25, -0.2) is 0 Å². The lowest BCUT2D eigenvalue weighted by molar-refractivity contribution is -0.153. The van der Waals surface area contributed by atoms with E-state index in [0.29, 0.717) is 21.7 Å². The van der Waals surface area contributed by atoms with Crippen LogP contribution >= 0.6 is 0 Å². The molecule has 0 saturated heterocycles. The average Bonchev–Trinajstić information content (AvgIpc) is 0.786. The molecule has 0 saturated carbocycles. The van der Waals surface area contributed by atoms with Gasteiger partial charge in [0.2, 0.25) is 0 Å². The molecule has 0 amide bonds. The molecule has 0 aliphatic heterocycles. The molecular formula is C134H198O8. The Morgan fingerprint density at radius 2 is 0.190 bits per heavy atom. The second-order valence-electron chi connectivity index (χ2n) is 43.7. The van der Waals surface area contributed by atoms with Crippen LogP contribution in [0.3, 0.4) is 0 Å². The lowest BCUT2D eigenvalue weighted by Gasteiger charge is -2.31. The van der Waals surface area contributed by atoms with Crippen LogP contribution < -0.4 is 0 Å². The van der Waals surface area contributed by atoms with Crippen LogP contribution in [0.1, 0.15) is 385 Å². The maximum absolute atomic E-state index is 10.2. The third-order valence-electron chi connectivity index (χ3n) is 18.0. The topological polar surface area (TPSA) is 105 Å². The molecular weight excluding hydrogens is 1740 g/mol. The minimum atomic E-state index is -0.328. The van der Waals surface area contributed by atoms with Gasteiger partial charge in [0.1, 0.15) is 22.4 Å². The number of hydrogen-bond acceptors (Lipinski definition) is 8. The highest BCUT2D eigenvalue weighted by atomic mass is 16.6. The maximum atomic E-state index is 10.2. The van der Waals surface area contributed by atoms with E-state index in [4.69, 9.17) is 18.9 Å². The summed E-state index contributed by atoms with van der Waals surface area (Å²) in [6.07, 6.45) is 0. The smallest absolute Gasteiger partial charge is 0.303 e. The fourth-order valence-electron chi connectivity index (χ4n) is 13.0. The summed E-state index contributed by atoms with van der Waals surface area (Å²) in [6, 6.07) is 128. The minimum absolute atomic E-state index is 0.121. The van der Waals surface area contributed by atoms with Crippen molar-refractivity contribution in [1.82, 2.24) is 0 Å². The fourth-order valence-corrected chi connectivity index (χ4v) is 13.0. The molecule has 12 aromatic rings. The van der Waals surface area contributed by atoms with Crippen molar-refractivity contribution in [3.8, 4) is 0 Å². The summed E-state index contributed by atoms with van der Waals surface area (Å²) in [5.41, 5.74) is 16.0. The molecule has 8 nitrogen and oxygen atoms in total. The Kier molecular flexibility index (Phi) is 70.3. The van der Waals surface area contributed by atoms with E-state index in [1.54, 1.807) is 0 Å². The number of ether oxygens (including phenoxy) is 4. The quantitative estimate of drug-likeness (QED) is 0.0677. The van der Waals surface area contributed by atoms with Crippen molar-refractivity contribution in [1.29, 1.82) is 0 Å². The van der Waals surface area contributed by atoms with Gasteiger partial charge in [-0.2, -0.15) is 0 Å². The predicted octanol–water partition coefficient (Wildman–Crippen LogP) is 38.9. The van der Waals surface area contributed by atoms with Crippen molar-refractivity contribution < 1.29 is 38.1 Å². The van der Waals surface area contributed by atoms with Gasteiger partial charge in [0.25, 0.3) is 0 Å². The number of benzene rings is 12. The molecule has 0 radical (unpaired) electrons. The van der Waals surface area contributed by atoms with Gasteiger partial charge >= 0.3 is 23.9 Å². The summed E-state index contributed by atoms with van der Waals surface area (Å²) in [5.74, 6) is -0.898. The Hall–Kier alpha value is -11.5. The zero-order valence-electron chi connectivity index (χ0n) is 97.9. The second-order valence-corrected chi connectivity index (χ2v) is 43.7. The lowest BCUT2D eigenvalue weighted by atomic mass is 9.71. The molecule has 0 aliphatic carbocycles. The van der Waals surface area contributed by atoms with Crippen molar-refractivity contribution in [2.24, 2.45) is 21.7 Å². The van der Waals surface area contributed by atoms with E-state index in [1.165, 1.54) is 94.5 Å². The van der Waals surface area contributed by atoms with Crippen LogP contribution in [0.15, 0.2) is 364 Å². The van der Waals surface area contributed by atoms with E-state index in [2.05, 4.69) is 502 Å². The van der Waals surface area contributed by atoms with Gasteiger partial charge in [0.05, 0.1) is 0 Å². The summed E-state index contributed by atoms with van der Waals surface area (Å²) in [4.78, 5) is 40.9. The summed E-state index contributed by atoms with van der Waals surface area (Å²) < 4.78 is 19.2. The van der Waals surface area contributed by atoms with Crippen molar-refractivity contribution in [3.63, 3.8) is 0 Å². The number of rotatable bonds is 12. The molecule has 0 aliphatic rings. The van der Waals surface area contributed by atoms with Crippen LogP contribution in [0, 0.1) is 21.7 Å². The molecule has 0 unspecified atom stereocenters. The first-order valence-corrected chi connectivity index (χ1v) is 51.4. The summed E-state index contributed by atoms with van der Waals surface area (Å²) in [7, 11) is 0. The van der Waals surface area contributed by atoms with Crippen LogP contribution in [0.5, 0.6) is 0 Å². The molecule has 142 heavy (non-hydrogen) atoms. The number of esters is 4. The van der Waals surface area contributed by atoms with E-state index in [-0.39, 0.29) is 67.9 Å². The molecule has 0 heterocycles. The van der Waals surface area contributed by atoms with Gasteiger partial charge in [-0.1, -0.05) is 544 Å². The molecule has 0 fully saturated rings. The van der Waals surface area contributed by atoms with E-state index < -0.39 is 0 Å². The van der Waals surface area contributed by atoms with E-state index in [9.17, 15) is 19.2 Å². The lowest BCUT2D eigenvalue weighted by Crippen LogP contribution is -2.25. The van der Waals surface area contributed by atoms with Crippen molar-refractivity contribution >= 4 is 23.9 Å². The largest absolute Gasteiger partial charge is 0.460 e. The second kappa shape index (κ2) is 71.9. The van der Waals surface area contributed by atoms with Gasteiger partial charge in [-0.3, -0.25) is 19.2 Å². The monoisotopic (exact) mass is 1940 g/mol. The number of carbonyl (C=O) groups excluding carboxylic acids is 4. The Morgan fingerprint density at radius 3 is 0.225 bits per heavy atom. The van der Waals surface area contributed by atoms with Crippen LogP contribution in [-0.2, 0) is 59.8 Å². The highest BCUT2D eigenvalue weighted by Gasteiger charge is 2.34. The fraction of sp³-hybridized carbons (Fsp3) is 0.433. The third-order valence-corrected chi connectivity index (χ3v) is 18.0. The van der Waals surface area contributed by atoms with Gasteiger partial charge in [0.15, 0.2) is 0 Å². The molecule has 0 spiro atoms. The van der Waals surface area contributed by atoms with Crippen molar-refractivity contribution in [2.75, 3.05) is 0 Å². The van der Waals surface area contributed by atoms with Gasteiger partial charge in [0, 0.05) is 49.4 Å². The molecule has 8 heteroatoms. The Labute approximate surface area is 871 Å². The van der Waals surface area contributed by atoms with Gasteiger partial charge < -0.3 is 18.9 Å². The van der Waals surface area contributed by atoms with Gasteiger partial charge in [-0.05, 0) is 199 Å². The molecule has 0 atom stereocenters. The molecule has 0 aromatic heterocycles. The van der Waals surface area contributed by atoms with Crippen LogP contribution in [0.25, 0.3) is 0 Å². The first-order chi connectivity index (χ1) is 65.9. The minimum Gasteiger partial charge on any atom is -0.460 e. The van der Waals surface area contributed by atoms with E-state index in [0.717, 1.165) is 0 Å². The molecule has 12 aromatic carbocycles. The Balaban J connectivity index is -0.000000494. The highest BCUT2D eigenvalue weighted by molar-refractivity contribution is 5.67. The highest BCUT2D eigenvalue weighted by Crippen LogP contribution is 2.43. The normalized spacial score (nSPS) is 10.7. The van der Waals surface area contributed by atoms with Crippen LogP contribution in [0.2, 0.25) is 0 Å². The Morgan fingerprint density at radius 1 is 0.134 bits per heavy atom.